The first-order chi connectivity index (χ1) is 13.5. The highest BCUT2D eigenvalue weighted by Gasteiger charge is 2.30. The van der Waals surface area contributed by atoms with Crippen LogP contribution in [0.2, 0.25) is 0 Å². The second-order valence-electron chi connectivity index (χ2n) is 6.18. The van der Waals surface area contributed by atoms with Crippen LogP contribution in [0.5, 0.6) is 5.75 Å². The molecule has 1 aliphatic rings. The molecule has 4 rings (SSSR count). The summed E-state index contributed by atoms with van der Waals surface area (Å²) in [6.45, 7) is 2.14. The molecule has 1 aromatic carbocycles. The topological polar surface area (TPSA) is 102 Å². The molecule has 0 atom stereocenters. The number of thiazole rings is 1. The van der Waals surface area contributed by atoms with Crippen molar-refractivity contribution in [2.24, 2.45) is 0 Å². The summed E-state index contributed by atoms with van der Waals surface area (Å²) in [6.07, 6.45) is 0.312. The Bertz CT molecular complexity index is 1050. The van der Waals surface area contributed by atoms with E-state index in [0.717, 1.165) is 10.3 Å². The summed E-state index contributed by atoms with van der Waals surface area (Å²) >= 11 is 1.23. The van der Waals surface area contributed by atoms with Gasteiger partial charge < -0.3 is 14.5 Å². The standard InChI is InChI=1S/C19H17N3O5S/c1-2-26-13-5-3-4-11-8-14(27-18(11)13)12-10-28-19(20-12)21-15(23)9-22-16(24)6-7-17(22)25/h3-5,8,10H,2,6-7,9H2,1H3,(H,20,21,23). The Morgan fingerprint density at radius 2 is 2.11 bits per heavy atom. The molecule has 1 fully saturated rings. The van der Waals surface area contributed by atoms with E-state index in [4.69, 9.17) is 9.15 Å². The molecule has 0 radical (unpaired) electrons. The van der Waals surface area contributed by atoms with Crippen LogP contribution in [-0.2, 0) is 14.4 Å². The van der Waals surface area contributed by atoms with Gasteiger partial charge in [0, 0.05) is 23.6 Å². The molecule has 28 heavy (non-hydrogen) atoms. The number of hydrogen-bond acceptors (Lipinski definition) is 7. The van der Waals surface area contributed by atoms with Crippen molar-refractivity contribution in [2.75, 3.05) is 18.5 Å². The Morgan fingerprint density at radius 1 is 1.32 bits per heavy atom. The summed E-state index contributed by atoms with van der Waals surface area (Å²) in [5.41, 5.74) is 1.22. The quantitative estimate of drug-likeness (QED) is 0.639. The van der Waals surface area contributed by atoms with Crippen molar-refractivity contribution in [2.45, 2.75) is 19.8 Å². The van der Waals surface area contributed by atoms with Gasteiger partial charge in [0.1, 0.15) is 12.2 Å². The average Bonchev–Trinajstić information content (AvgIpc) is 3.37. The van der Waals surface area contributed by atoms with Crippen molar-refractivity contribution in [3.63, 3.8) is 0 Å². The SMILES string of the molecule is CCOc1cccc2cc(-c3csc(NC(=O)CN4C(=O)CCC4=O)n3)oc12. The summed E-state index contributed by atoms with van der Waals surface area (Å²) in [5, 5.41) is 5.64. The summed E-state index contributed by atoms with van der Waals surface area (Å²) in [4.78, 5) is 40.7. The number of furan rings is 1. The first-order valence-electron chi connectivity index (χ1n) is 8.79. The average molecular weight is 399 g/mol. The number of nitrogens with one attached hydrogen (secondary N) is 1. The molecule has 9 heteroatoms. The Kier molecular flexibility index (Phi) is 4.82. The Labute approximate surface area is 164 Å². The highest BCUT2D eigenvalue weighted by Crippen LogP contribution is 2.34. The van der Waals surface area contributed by atoms with Gasteiger partial charge in [-0.2, -0.15) is 0 Å². The smallest absolute Gasteiger partial charge is 0.246 e. The lowest BCUT2D eigenvalue weighted by molar-refractivity contribution is -0.141. The van der Waals surface area contributed by atoms with Crippen molar-refractivity contribution in [3.8, 4) is 17.2 Å². The number of hydrogen-bond donors (Lipinski definition) is 1. The number of imide groups is 1. The van der Waals surface area contributed by atoms with Crippen LogP contribution in [0.3, 0.4) is 0 Å². The molecule has 1 saturated heterocycles. The van der Waals surface area contributed by atoms with E-state index in [-0.39, 0.29) is 31.2 Å². The van der Waals surface area contributed by atoms with E-state index in [0.29, 0.717) is 34.5 Å². The fourth-order valence-corrected chi connectivity index (χ4v) is 3.69. The lowest BCUT2D eigenvalue weighted by atomic mass is 10.2. The van der Waals surface area contributed by atoms with Gasteiger partial charge in [0.2, 0.25) is 17.7 Å². The highest BCUT2D eigenvalue weighted by molar-refractivity contribution is 7.14. The summed E-state index contributed by atoms with van der Waals surface area (Å²) in [5.74, 6) is 0.103. The van der Waals surface area contributed by atoms with E-state index in [1.165, 1.54) is 11.3 Å². The Morgan fingerprint density at radius 3 is 2.86 bits per heavy atom. The molecule has 8 nitrogen and oxygen atoms in total. The predicted molar refractivity (Wildman–Crippen MR) is 103 cm³/mol. The molecule has 0 aliphatic carbocycles. The monoisotopic (exact) mass is 399 g/mol. The minimum Gasteiger partial charge on any atom is -0.490 e. The molecule has 2 aromatic heterocycles. The van der Waals surface area contributed by atoms with Gasteiger partial charge in [-0.1, -0.05) is 12.1 Å². The maximum Gasteiger partial charge on any atom is 0.246 e. The first kappa shape index (κ1) is 18.2. The molecule has 0 saturated carbocycles. The normalized spacial score (nSPS) is 14.1. The number of aromatic nitrogens is 1. The van der Waals surface area contributed by atoms with Gasteiger partial charge >= 0.3 is 0 Å². The molecular weight excluding hydrogens is 382 g/mol. The lowest BCUT2D eigenvalue weighted by Gasteiger charge is -2.12. The van der Waals surface area contributed by atoms with Gasteiger partial charge in [-0.3, -0.25) is 19.3 Å². The van der Waals surface area contributed by atoms with Crippen LogP contribution < -0.4 is 10.1 Å². The number of carbonyl (C=O) groups is 3. The molecule has 1 aliphatic heterocycles. The zero-order valence-corrected chi connectivity index (χ0v) is 15.9. The molecular formula is C19H17N3O5S. The maximum absolute atomic E-state index is 12.1. The number of ether oxygens (including phenoxy) is 1. The van der Waals surface area contributed by atoms with Gasteiger partial charge in [-0.25, -0.2) is 4.98 Å². The minimum absolute atomic E-state index is 0.156. The van der Waals surface area contributed by atoms with Crippen LogP contribution in [0.15, 0.2) is 34.1 Å². The Hall–Kier alpha value is -3.20. The zero-order valence-electron chi connectivity index (χ0n) is 15.1. The molecule has 3 heterocycles. The third-order valence-electron chi connectivity index (χ3n) is 4.27. The third-order valence-corrected chi connectivity index (χ3v) is 5.03. The maximum atomic E-state index is 12.1. The molecule has 0 spiro atoms. The van der Waals surface area contributed by atoms with Crippen molar-refractivity contribution in [3.05, 3.63) is 29.6 Å². The second kappa shape index (κ2) is 7.43. The fourth-order valence-electron chi connectivity index (χ4n) is 2.98. The van der Waals surface area contributed by atoms with Crippen LogP contribution in [0.1, 0.15) is 19.8 Å². The number of para-hydroxylation sites is 1. The van der Waals surface area contributed by atoms with Gasteiger partial charge in [0.15, 0.2) is 22.2 Å². The van der Waals surface area contributed by atoms with Gasteiger partial charge in [-0.05, 0) is 19.1 Å². The molecule has 3 aromatic rings. The van der Waals surface area contributed by atoms with Crippen LogP contribution in [0.4, 0.5) is 5.13 Å². The number of amides is 3. The Balaban J connectivity index is 1.49. The van der Waals surface area contributed by atoms with Gasteiger partial charge in [0.25, 0.3) is 0 Å². The fraction of sp³-hybridized carbons (Fsp3) is 0.263. The van der Waals surface area contributed by atoms with Crippen LogP contribution >= 0.6 is 11.3 Å². The zero-order chi connectivity index (χ0) is 19.7. The molecule has 144 valence electrons. The first-order valence-corrected chi connectivity index (χ1v) is 9.67. The van der Waals surface area contributed by atoms with Crippen LogP contribution in [0.25, 0.3) is 22.4 Å². The molecule has 0 bridgehead atoms. The van der Waals surface area contributed by atoms with Crippen LogP contribution in [-0.4, -0.2) is 40.8 Å². The number of anilines is 1. The number of likely N-dealkylation sites (tertiary alicyclic amines) is 1. The van der Waals surface area contributed by atoms with Crippen molar-refractivity contribution in [1.29, 1.82) is 0 Å². The summed E-state index contributed by atoms with van der Waals surface area (Å²) in [7, 11) is 0. The van der Waals surface area contributed by atoms with E-state index >= 15 is 0 Å². The third kappa shape index (κ3) is 3.48. The van der Waals surface area contributed by atoms with E-state index in [9.17, 15) is 14.4 Å². The largest absolute Gasteiger partial charge is 0.490 e. The molecule has 1 N–H and O–H groups in total. The summed E-state index contributed by atoms with van der Waals surface area (Å²) in [6, 6.07) is 7.51. The second-order valence-corrected chi connectivity index (χ2v) is 7.04. The number of rotatable bonds is 6. The number of nitrogens with zero attached hydrogens (tertiary/aromatic N) is 2. The highest BCUT2D eigenvalue weighted by atomic mass is 32.1. The van der Waals surface area contributed by atoms with E-state index in [2.05, 4.69) is 10.3 Å². The lowest BCUT2D eigenvalue weighted by Crippen LogP contribution is -2.36. The number of fused-ring (bicyclic) bond motifs is 1. The van der Waals surface area contributed by atoms with Gasteiger partial charge in [-0.15, -0.1) is 11.3 Å². The van der Waals surface area contributed by atoms with E-state index in [1.54, 1.807) is 5.38 Å². The van der Waals surface area contributed by atoms with Crippen molar-refractivity contribution < 1.29 is 23.5 Å². The summed E-state index contributed by atoms with van der Waals surface area (Å²) < 4.78 is 11.5. The van der Waals surface area contributed by atoms with Gasteiger partial charge in [0.05, 0.1) is 6.61 Å². The predicted octanol–water partition coefficient (Wildman–Crippen LogP) is 3.04. The number of carbonyl (C=O) groups excluding carboxylic acids is 3. The minimum atomic E-state index is -0.465. The molecule has 0 unspecified atom stereocenters. The van der Waals surface area contributed by atoms with Crippen molar-refractivity contribution >= 4 is 45.2 Å². The van der Waals surface area contributed by atoms with Crippen molar-refractivity contribution in [1.82, 2.24) is 9.88 Å². The van der Waals surface area contributed by atoms with Crippen LogP contribution in [0, 0.1) is 0 Å². The number of benzene rings is 1. The van der Waals surface area contributed by atoms with E-state index < -0.39 is 5.91 Å². The molecule has 3 amide bonds. The van der Waals surface area contributed by atoms with E-state index in [1.807, 2.05) is 31.2 Å².